The van der Waals surface area contributed by atoms with Crippen LogP contribution in [0.2, 0.25) is 0 Å². The summed E-state index contributed by atoms with van der Waals surface area (Å²) in [5, 5.41) is 3.77. The van der Waals surface area contributed by atoms with E-state index in [9.17, 15) is 35.9 Å². The van der Waals surface area contributed by atoms with E-state index in [-0.39, 0.29) is 18.2 Å². The molecular weight excluding hydrogens is 396 g/mol. The molecule has 0 aliphatic rings. The van der Waals surface area contributed by atoms with E-state index in [0.717, 1.165) is 4.90 Å². The molecule has 1 N–H and O–H groups in total. The largest absolute Gasteiger partial charge is 0.437 e. The molecule has 0 bridgehead atoms. The molecule has 0 aliphatic heterocycles. The molecule has 1 aromatic rings. The predicted octanol–water partition coefficient (Wildman–Crippen LogP) is 3.91. The summed E-state index contributed by atoms with van der Waals surface area (Å²) in [5.41, 5.74) is -4.11. The third-order valence-corrected chi connectivity index (χ3v) is 2.86. The van der Waals surface area contributed by atoms with E-state index in [1.807, 2.05) is 0 Å². The second-order valence-electron chi connectivity index (χ2n) is 4.88. The second-order valence-corrected chi connectivity index (χ2v) is 5.24. The zero-order valence-corrected chi connectivity index (χ0v) is 13.8. The maximum atomic E-state index is 12.7. The van der Waals surface area contributed by atoms with Gasteiger partial charge in [0.1, 0.15) is 0 Å². The Hall–Kier alpha value is -2.50. The smallest absolute Gasteiger partial charge is 0.343 e. The molecule has 0 saturated heterocycles. The van der Waals surface area contributed by atoms with Gasteiger partial charge in [0.25, 0.3) is 5.91 Å². The lowest BCUT2D eigenvalue weighted by Gasteiger charge is -2.14. The Bertz CT molecular complexity index is 699. The van der Waals surface area contributed by atoms with Crippen molar-refractivity contribution in [1.82, 2.24) is 4.90 Å². The Morgan fingerprint density at radius 3 is 1.88 bits per heavy atom. The molecule has 6 nitrogen and oxygen atoms in total. The number of oxime groups is 1. The maximum absolute atomic E-state index is 12.7. The number of hydrogen-bond acceptors (Lipinski definition) is 4. The van der Waals surface area contributed by atoms with Crippen LogP contribution < -0.4 is 5.32 Å². The molecule has 0 atom stereocenters. The van der Waals surface area contributed by atoms with E-state index in [2.05, 4.69) is 9.99 Å². The van der Waals surface area contributed by atoms with Crippen molar-refractivity contribution in [1.29, 1.82) is 0 Å². The van der Waals surface area contributed by atoms with Gasteiger partial charge in [-0.25, -0.2) is 4.79 Å². The maximum Gasteiger partial charge on any atom is 0.437 e. The van der Waals surface area contributed by atoms with Crippen LogP contribution in [0.15, 0.2) is 23.4 Å². The van der Waals surface area contributed by atoms with Crippen LogP contribution in [-0.4, -0.2) is 36.2 Å². The van der Waals surface area contributed by atoms with E-state index >= 15 is 0 Å². The number of rotatable bonds is 3. The molecule has 0 fully saturated rings. The molecule has 144 valence electrons. The number of carbonyl (C=O) groups is 2. The zero-order valence-electron chi connectivity index (χ0n) is 13.0. The van der Waals surface area contributed by atoms with Crippen molar-refractivity contribution >= 4 is 34.5 Å². The van der Waals surface area contributed by atoms with Gasteiger partial charge >= 0.3 is 18.4 Å². The minimum Gasteiger partial charge on any atom is -0.343 e. The van der Waals surface area contributed by atoms with E-state index < -0.39 is 46.3 Å². The summed E-state index contributed by atoms with van der Waals surface area (Å²) in [6.07, 6.45) is -11.7. The van der Waals surface area contributed by atoms with Crippen molar-refractivity contribution in [2.24, 2.45) is 5.16 Å². The van der Waals surface area contributed by atoms with E-state index in [4.69, 9.17) is 11.6 Å². The zero-order chi connectivity index (χ0) is 20.3. The first-order chi connectivity index (χ1) is 11.7. The van der Waals surface area contributed by atoms with Gasteiger partial charge < -0.3 is 4.90 Å². The predicted molar refractivity (Wildman–Crippen MR) is 78.5 cm³/mol. The van der Waals surface area contributed by atoms with Gasteiger partial charge in [-0.15, -0.1) is 0 Å². The van der Waals surface area contributed by atoms with Gasteiger partial charge in [0.2, 0.25) is 5.17 Å². The fourth-order valence-electron chi connectivity index (χ4n) is 1.47. The summed E-state index contributed by atoms with van der Waals surface area (Å²) in [6, 6.07) is 0.431. The highest BCUT2D eigenvalue weighted by Crippen LogP contribution is 2.37. The number of anilines is 1. The first-order valence-electron chi connectivity index (χ1n) is 6.44. The molecule has 0 unspecified atom stereocenters. The number of amides is 2. The van der Waals surface area contributed by atoms with Crippen LogP contribution in [-0.2, 0) is 22.0 Å². The summed E-state index contributed by atoms with van der Waals surface area (Å²) in [7, 11) is 2.61. The van der Waals surface area contributed by atoms with Crippen molar-refractivity contribution in [3.8, 4) is 0 Å². The molecule has 0 radical (unpaired) electrons. The van der Waals surface area contributed by atoms with Gasteiger partial charge in [0, 0.05) is 19.8 Å². The quantitative estimate of drug-likeness (QED) is 0.359. The van der Waals surface area contributed by atoms with Crippen LogP contribution in [0.4, 0.5) is 36.8 Å². The molecule has 26 heavy (non-hydrogen) atoms. The van der Waals surface area contributed by atoms with Crippen LogP contribution in [0, 0.1) is 0 Å². The Labute approximate surface area is 147 Å². The fourth-order valence-corrected chi connectivity index (χ4v) is 1.68. The van der Waals surface area contributed by atoms with Gasteiger partial charge in [-0.2, -0.15) is 26.3 Å². The summed E-state index contributed by atoms with van der Waals surface area (Å²) >= 11 is 5.40. The molecule has 1 rings (SSSR count). The SMILES string of the molecule is CN(C)C(=O)C(Cl)=NOC(=O)Nc1cc(C(F)(F)F)cc(C(F)(F)F)c1. The minimum atomic E-state index is -5.08. The molecule has 1 aromatic carbocycles. The highest BCUT2D eigenvalue weighted by atomic mass is 35.5. The van der Waals surface area contributed by atoms with Crippen LogP contribution in [0.5, 0.6) is 0 Å². The normalized spacial score (nSPS) is 12.6. The van der Waals surface area contributed by atoms with E-state index in [0.29, 0.717) is 0 Å². The number of hydrogen-bond donors (Lipinski definition) is 1. The Morgan fingerprint density at radius 1 is 1.04 bits per heavy atom. The molecule has 0 aliphatic carbocycles. The summed E-state index contributed by atoms with van der Waals surface area (Å²) in [6.45, 7) is 0. The van der Waals surface area contributed by atoms with Crippen molar-refractivity contribution in [3.63, 3.8) is 0 Å². The third kappa shape index (κ3) is 6.10. The fraction of sp³-hybridized carbons (Fsp3) is 0.308. The lowest BCUT2D eigenvalue weighted by atomic mass is 10.1. The summed E-state index contributed by atoms with van der Waals surface area (Å²) < 4.78 is 76.2. The first-order valence-corrected chi connectivity index (χ1v) is 6.82. The van der Waals surface area contributed by atoms with Gasteiger partial charge in [-0.1, -0.05) is 16.8 Å². The van der Waals surface area contributed by atoms with Crippen LogP contribution in [0.25, 0.3) is 0 Å². The van der Waals surface area contributed by atoms with Gasteiger partial charge in [0.15, 0.2) is 0 Å². The summed E-state index contributed by atoms with van der Waals surface area (Å²) in [5.74, 6) is -0.849. The van der Waals surface area contributed by atoms with Gasteiger partial charge in [-0.3, -0.25) is 14.9 Å². The van der Waals surface area contributed by atoms with Crippen molar-refractivity contribution in [2.75, 3.05) is 19.4 Å². The lowest BCUT2D eigenvalue weighted by Crippen LogP contribution is -2.27. The number of nitrogens with zero attached hydrogens (tertiary/aromatic N) is 2. The van der Waals surface area contributed by atoms with E-state index in [1.54, 1.807) is 5.32 Å². The van der Waals surface area contributed by atoms with Crippen LogP contribution in [0.3, 0.4) is 0 Å². The molecule has 0 heterocycles. The molecule has 13 heteroatoms. The van der Waals surface area contributed by atoms with E-state index in [1.165, 1.54) is 14.1 Å². The molecule has 0 saturated carbocycles. The van der Waals surface area contributed by atoms with Crippen LogP contribution in [0.1, 0.15) is 11.1 Å². The average Bonchev–Trinajstić information content (AvgIpc) is 2.49. The first kappa shape index (κ1) is 21.5. The topological polar surface area (TPSA) is 71.0 Å². The average molecular weight is 406 g/mol. The number of nitrogens with one attached hydrogen (secondary N) is 1. The summed E-state index contributed by atoms with van der Waals surface area (Å²) in [4.78, 5) is 27.9. The van der Waals surface area contributed by atoms with Crippen molar-refractivity contribution in [2.45, 2.75) is 12.4 Å². The minimum absolute atomic E-state index is 0.110. The number of alkyl halides is 6. The number of carbonyl (C=O) groups excluding carboxylic acids is 2. The highest BCUT2D eigenvalue weighted by molar-refractivity contribution is 6.82. The molecule has 2 amide bonds. The highest BCUT2D eigenvalue weighted by Gasteiger charge is 2.37. The number of benzene rings is 1. The van der Waals surface area contributed by atoms with Gasteiger partial charge in [0.05, 0.1) is 11.1 Å². The Kier molecular flexibility index (Phi) is 6.47. The number of halogens is 7. The third-order valence-electron chi connectivity index (χ3n) is 2.63. The van der Waals surface area contributed by atoms with Gasteiger partial charge in [-0.05, 0) is 18.2 Å². The Balaban J connectivity index is 3.03. The van der Waals surface area contributed by atoms with Crippen LogP contribution >= 0.6 is 11.6 Å². The molecule has 0 spiro atoms. The van der Waals surface area contributed by atoms with Crippen molar-refractivity contribution < 1.29 is 40.8 Å². The molecular formula is C13H10ClF6N3O3. The second kappa shape index (κ2) is 7.81. The molecule has 0 aromatic heterocycles. The monoisotopic (exact) mass is 405 g/mol. The van der Waals surface area contributed by atoms with Crippen molar-refractivity contribution in [3.05, 3.63) is 29.3 Å². The Morgan fingerprint density at radius 2 is 1.50 bits per heavy atom. The standard InChI is InChI=1S/C13H10ClF6N3O3/c1-23(2)10(24)9(14)22-26-11(25)21-8-4-6(12(15,16)17)3-7(5-8)13(18,19)20/h3-5H,1-2H3,(H,21,25). The lowest BCUT2D eigenvalue weighted by molar-refractivity contribution is -0.143.